The van der Waals surface area contributed by atoms with Gasteiger partial charge in [-0.15, -0.1) is 0 Å². The molecule has 1 heterocycles. The average Bonchev–Trinajstić information content (AvgIpc) is 2.47. The predicted molar refractivity (Wildman–Crippen MR) is 76.3 cm³/mol. The summed E-state index contributed by atoms with van der Waals surface area (Å²) in [5.41, 5.74) is 0. The van der Waals surface area contributed by atoms with Gasteiger partial charge in [0.25, 0.3) is 5.91 Å². The first-order valence-electron chi connectivity index (χ1n) is 6.82. The van der Waals surface area contributed by atoms with Crippen LogP contribution in [0.1, 0.15) is 12.8 Å². The minimum atomic E-state index is -3.20. The molecule has 0 radical (unpaired) electrons. The number of halogens is 2. The largest absolute Gasteiger partial charge is 0.484 e. The molecule has 1 amide bonds. The summed E-state index contributed by atoms with van der Waals surface area (Å²) in [4.78, 5) is 13.5. The van der Waals surface area contributed by atoms with Crippen molar-refractivity contribution in [2.24, 2.45) is 0 Å². The number of ether oxygens (including phenoxy) is 1. The molecule has 1 unspecified atom stereocenters. The molecule has 0 spiro atoms. The first-order valence-corrected chi connectivity index (χ1v) is 8.77. The van der Waals surface area contributed by atoms with Gasteiger partial charge in [0, 0.05) is 25.4 Å². The normalized spacial score (nSPS) is 19.0. The first-order chi connectivity index (χ1) is 10.3. The highest BCUT2D eigenvalue weighted by Crippen LogP contribution is 2.18. The summed E-state index contributed by atoms with van der Waals surface area (Å²) >= 11 is 0. The van der Waals surface area contributed by atoms with E-state index in [1.807, 2.05) is 0 Å². The van der Waals surface area contributed by atoms with E-state index in [0.717, 1.165) is 18.4 Å². The molecule has 122 valence electrons. The second-order valence-electron chi connectivity index (χ2n) is 5.30. The standard InChI is InChI=1S/C14H17F2NO4S/c1-22(19,20)11-3-2-6-17(8-11)14(18)9-21-10-4-5-12(15)13(16)7-10/h4-5,7,11H,2-3,6,8-9H2,1H3. The van der Waals surface area contributed by atoms with Crippen molar-refractivity contribution in [1.29, 1.82) is 0 Å². The van der Waals surface area contributed by atoms with E-state index in [0.29, 0.717) is 19.4 Å². The summed E-state index contributed by atoms with van der Waals surface area (Å²) in [5.74, 6) is -2.38. The number of hydrogen-bond donors (Lipinski definition) is 0. The Bertz CT molecular complexity index is 663. The maximum atomic E-state index is 13.0. The number of hydrogen-bond acceptors (Lipinski definition) is 4. The van der Waals surface area contributed by atoms with Gasteiger partial charge in [-0.1, -0.05) is 0 Å². The topological polar surface area (TPSA) is 63.7 Å². The molecule has 5 nitrogen and oxygen atoms in total. The first kappa shape index (κ1) is 16.7. The third kappa shape index (κ3) is 4.16. The molecule has 8 heteroatoms. The van der Waals surface area contributed by atoms with Gasteiger partial charge >= 0.3 is 0 Å². The van der Waals surface area contributed by atoms with Gasteiger partial charge in [-0.3, -0.25) is 4.79 Å². The van der Waals surface area contributed by atoms with Gasteiger partial charge in [0.1, 0.15) is 5.75 Å². The van der Waals surface area contributed by atoms with E-state index in [-0.39, 0.29) is 24.8 Å². The molecule has 0 saturated carbocycles. The second-order valence-corrected chi connectivity index (χ2v) is 7.62. The molecular weight excluding hydrogens is 316 g/mol. The highest BCUT2D eigenvalue weighted by Gasteiger charge is 2.29. The number of carbonyl (C=O) groups is 1. The monoisotopic (exact) mass is 333 g/mol. The quantitative estimate of drug-likeness (QED) is 0.835. The van der Waals surface area contributed by atoms with E-state index < -0.39 is 26.7 Å². The van der Waals surface area contributed by atoms with Crippen molar-refractivity contribution in [2.45, 2.75) is 18.1 Å². The average molecular weight is 333 g/mol. The van der Waals surface area contributed by atoms with E-state index in [1.165, 1.54) is 11.0 Å². The molecule has 1 aliphatic rings. The van der Waals surface area contributed by atoms with Crippen LogP contribution < -0.4 is 4.74 Å². The maximum Gasteiger partial charge on any atom is 0.260 e. The van der Waals surface area contributed by atoms with Gasteiger partial charge in [0.15, 0.2) is 28.1 Å². The van der Waals surface area contributed by atoms with Crippen LogP contribution in [0.5, 0.6) is 5.75 Å². The fourth-order valence-electron chi connectivity index (χ4n) is 2.32. The Morgan fingerprint density at radius 1 is 1.36 bits per heavy atom. The van der Waals surface area contributed by atoms with Crippen LogP contribution in [0.2, 0.25) is 0 Å². The molecular formula is C14H17F2NO4S. The zero-order valence-electron chi connectivity index (χ0n) is 12.1. The van der Waals surface area contributed by atoms with Gasteiger partial charge < -0.3 is 9.64 Å². The summed E-state index contributed by atoms with van der Waals surface area (Å²) in [6.45, 7) is 0.256. The molecule has 1 aromatic carbocycles. The number of rotatable bonds is 4. The summed E-state index contributed by atoms with van der Waals surface area (Å²) < 4.78 is 54.0. The molecule has 1 saturated heterocycles. The molecule has 1 aliphatic heterocycles. The maximum absolute atomic E-state index is 13.0. The number of amides is 1. The zero-order valence-corrected chi connectivity index (χ0v) is 12.9. The minimum Gasteiger partial charge on any atom is -0.484 e. The van der Waals surface area contributed by atoms with Crippen LogP contribution in [0.25, 0.3) is 0 Å². The number of carbonyl (C=O) groups excluding carboxylic acids is 1. The highest BCUT2D eigenvalue weighted by atomic mass is 32.2. The minimum absolute atomic E-state index is 0.0453. The van der Waals surface area contributed by atoms with Crippen molar-refractivity contribution in [3.05, 3.63) is 29.8 Å². The number of nitrogens with zero attached hydrogens (tertiary/aromatic N) is 1. The lowest BCUT2D eigenvalue weighted by atomic mass is 10.1. The number of likely N-dealkylation sites (tertiary alicyclic amines) is 1. The Balaban J connectivity index is 1.93. The van der Waals surface area contributed by atoms with Crippen LogP contribution in [0.15, 0.2) is 18.2 Å². The van der Waals surface area contributed by atoms with Crippen LogP contribution >= 0.6 is 0 Å². The van der Waals surface area contributed by atoms with Gasteiger partial charge in [0.05, 0.1) is 5.25 Å². The molecule has 22 heavy (non-hydrogen) atoms. The molecule has 1 atom stereocenters. The fraction of sp³-hybridized carbons (Fsp3) is 0.500. The lowest BCUT2D eigenvalue weighted by Gasteiger charge is -2.31. The van der Waals surface area contributed by atoms with E-state index >= 15 is 0 Å². The third-order valence-electron chi connectivity index (χ3n) is 3.59. The molecule has 0 aliphatic carbocycles. The van der Waals surface area contributed by atoms with Crippen LogP contribution in [0.4, 0.5) is 8.78 Å². The van der Waals surface area contributed by atoms with E-state index in [4.69, 9.17) is 4.74 Å². The van der Waals surface area contributed by atoms with Crippen LogP contribution in [-0.4, -0.2) is 50.4 Å². The van der Waals surface area contributed by atoms with Crippen molar-refractivity contribution in [1.82, 2.24) is 4.90 Å². The Morgan fingerprint density at radius 3 is 2.73 bits per heavy atom. The van der Waals surface area contributed by atoms with Crippen LogP contribution in [0.3, 0.4) is 0 Å². The summed E-state index contributed by atoms with van der Waals surface area (Å²) in [5, 5.41) is -0.562. The Kier molecular flexibility index (Phi) is 5.00. The Labute approximate surface area is 127 Å². The Hall–Kier alpha value is -1.70. The molecule has 2 rings (SSSR count). The van der Waals surface area contributed by atoms with Crippen LogP contribution in [0, 0.1) is 11.6 Å². The summed E-state index contributed by atoms with van der Waals surface area (Å²) in [6, 6.07) is 3.00. The molecule has 0 bridgehead atoms. The summed E-state index contributed by atoms with van der Waals surface area (Å²) in [7, 11) is -3.20. The SMILES string of the molecule is CS(=O)(=O)C1CCCN(C(=O)COc2ccc(F)c(F)c2)C1. The smallest absolute Gasteiger partial charge is 0.260 e. The van der Waals surface area contributed by atoms with Crippen LogP contribution in [-0.2, 0) is 14.6 Å². The Morgan fingerprint density at radius 2 is 2.09 bits per heavy atom. The molecule has 0 N–H and O–H groups in total. The van der Waals surface area contributed by atoms with Gasteiger partial charge in [-0.25, -0.2) is 17.2 Å². The summed E-state index contributed by atoms with van der Waals surface area (Å²) in [6.07, 6.45) is 2.30. The van der Waals surface area contributed by atoms with Crippen molar-refractivity contribution in [3.8, 4) is 5.75 Å². The molecule has 1 fully saturated rings. The third-order valence-corrected chi connectivity index (χ3v) is 5.19. The van der Waals surface area contributed by atoms with Crippen molar-refractivity contribution >= 4 is 15.7 Å². The van der Waals surface area contributed by atoms with Crippen molar-refractivity contribution < 1.29 is 26.7 Å². The predicted octanol–water partition coefficient (Wildman–Crippen LogP) is 1.38. The van der Waals surface area contributed by atoms with Gasteiger partial charge in [-0.2, -0.15) is 0 Å². The fourth-order valence-corrected chi connectivity index (χ4v) is 3.36. The molecule has 1 aromatic rings. The van der Waals surface area contributed by atoms with Crippen molar-refractivity contribution in [2.75, 3.05) is 26.0 Å². The number of benzene rings is 1. The van der Waals surface area contributed by atoms with Gasteiger partial charge in [-0.05, 0) is 25.0 Å². The zero-order chi connectivity index (χ0) is 16.3. The molecule has 0 aromatic heterocycles. The second kappa shape index (κ2) is 6.60. The van der Waals surface area contributed by atoms with Crippen molar-refractivity contribution in [3.63, 3.8) is 0 Å². The number of sulfone groups is 1. The number of piperidine rings is 1. The lowest BCUT2D eigenvalue weighted by molar-refractivity contribution is -0.134. The van der Waals surface area contributed by atoms with E-state index in [2.05, 4.69) is 0 Å². The highest BCUT2D eigenvalue weighted by molar-refractivity contribution is 7.91. The van der Waals surface area contributed by atoms with E-state index in [9.17, 15) is 22.0 Å². The van der Waals surface area contributed by atoms with E-state index in [1.54, 1.807) is 0 Å². The van der Waals surface area contributed by atoms with Gasteiger partial charge in [0.2, 0.25) is 0 Å². The lowest BCUT2D eigenvalue weighted by Crippen LogP contribution is -2.46.